The van der Waals surface area contributed by atoms with Crippen molar-refractivity contribution in [1.29, 1.82) is 0 Å². The highest BCUT2D eigenvalue weighted by molar-refractivity contribution is 7.82. The predicted octanol–water partition coefficient (Wildman–Crippen LogP) is 0.790. The number of hydrogen-bond acceptors (Lipinski definition) is 3. The molecule has 1 atom stereocenters. The van der Waals surface area contributed by atoms with Gasteiger partial charge in [-0.2, -0.15) is 12.6 Å². The maximum atomic E-state index is 10.6. The summed E-state index contributed by atoms with van der Waals surface area (Å²) >= 11 is 3.78. The zero-order chi connectivity index (χ0) is 9.78. The molecular weight excluding hydrogens is 180 g/mol. The van der Waals surface area contributed by atoms with Crippen molar-refractivity contribution in [3.63, 3.8) is 0 Å². The van der Waals surface area contributed by atoms with Gasteiger partial charge < -0.3 is 10.2 Å². The van der Waals surface area contributed by atoms with E-state index in [4.69, 9.17) is 10.2 Å². The smallest absolute Gasteiger partial charge is 0.320 e. The Kier molecular flexibility index (Phi) is 3.82. The van der Waals surface area contributed by atoms with Crippen LogP contribution in [0.5, 0.6) is 0 Å². The molecule has 0 saturated heterocycles. The molecule has 0 saturated carbocycles. The summed E-state index contributed by atoms with van der Waals surface area (Å²) in [5.41, 5.74) is 0. The molecule has 0 heterocycles. The van der Waals surface area contributed by atoms with Gasteiger partial charge >= 0.3 is 11.9 Å². The fraction of sp³-hybridized carbons (Fsp3) is 0.429. The van der Waals surface area contributed by atoms with Crippen LogP contribution in [0.25, 0.3) is 0 Å². The Balaban J connectivity index is 4.49. The maximum Gasteiger partial charge on any atom is 0.320 e. The van der Waals surface area contributed by atoms with Gasteiger partial charge in [-0.05, 0) is 6.42 Å². The summed E-state index contributed by atoms with van der Waals surface area (Å²) in [5, 5.41) is 17.0. The van der Waals surface area contributed by atoms with E-state index >= 15 is 0 Å². The molecule has 1 unspecified atom stereocenters. The minimum absolute atomic E-state index is 0.0255. The standard InChI is InChI=1S/C7H10O4S/c1-2-3-7(12,6(10)11)4-5(8)9/h2,12H,1,3-4H2,(H,8,9)(H,10,11). The van der Waals surface area contributed by atoms with E-state index in [-0.39, 0.29) is 6.42 Å². The van der Waals surface area contributed by atoms with Crippen molar-refractivity contribution in [2.45, 2.75) is 17.6 Å². The van der Waals surface area contributed by atoms with Gasteiger partial charge in [0.05, 0.1) is 6.42 Å². The van der Waals surface area contributed by atoms with Crippen LogP contribution in [0.15, 0.2) is 12.7 Å². The first-order chi connectivity index (χ1) is 5.42. The third kappa shape index (κ3) is 2.96. The van der Waals surface area contributed by atoms with E-state index < -0.39 is 23.1 Å². The second-order valence-electron chi connectivity index (χ2n) is 2.40. The van der Waals surface area contributed by atoms with Crippen LogP contribution >= 0.6 is 12.6 Å². The van der Waals surface area contributed by atoms with Gasteiger partial charge in [-0.15, -0.1) is 6.58 Å². The summed E-state index contributed by atoms with van der Waals surface area (Å²) in [7, 11) is 0. The van der Waals surface area contributed by atoms with Gasteiger partial charge in [0.25, 0.3) is 0 Å². The van der Waals surface area contributed by atoms with E-state index in [2.05, 4.69) is 19.2 Å². The van der Waals surface area contributed by atoms with Crippen LogP contribution in [-0.4, -0.2) is 26.9 Å². The fourth-order valence-electron chi connectivity index (χ4n) is 0.724. The van der Waals surface area contributed by atoms with E-state index in [0.29, 0.717) is 0 Å². The van der Waals surface area contributed by atoms with Gasteiger partial charge in [0.1, 0.15) is 4.75 Å². The van der Waals surface area contributed by atoms with Gasteiger partial charge in [0, 0.05) is 0 Å². The molecule has 68 valence electrons. The Morgan fingerprint density at radius 3 is 2.25 bits per heavy atom. The normalized spacial score (nSPS) is 14.8. The van der Waals surface area contributed by atoms with E-state index in [1.807, 2.05) is 0 Å². The lowest BCUT2D eigenvalue weighted by molar-refractivity contribution is -0.146. The van der Waals surface area contributed by atoms with Gasteiger partial charge in [-0.1, -0.05) is 6.08 Å². The maximum absolute atomic E-state index is 10.6. The minimum Gasteiger partial charge on any atom is -0.481 e. The number of rotatable bonds is 5. The zero-order valence-corrected chi connectivity index (χ0v) is 7.25. The second kappa shape index (κ2) is 4.15. The highest BCUT2D eigenvalue weighted by Gasteiger charge is 2.35. The van der Waals surface area contributed by atoms with Gasteiger partial charge in [-0.25, -0.2) is 0 Å². The lowest BCUT2D eigenvalue weighted by Gasteiger charge is -2.19. The zero-order valence-electron chi connectivity index (χ0n) is 6.36. The van der Waals surface area contributed by atoms with Crippen LogP contribution in [0.3, 0.4) is 0 Å². The molecule has 0 aromatic carbocycles. The molecule has 4 nitrogen and oxygen atoms in total. The number of carboxylic acid groups (broad SMARTS) is 2. The molecule has 0 spiro atoms. The van der Waals surface area contributed by atoms with E-state index in [0.717, 1.165) is 0 Å². The highest BCUT2D eigenvalue weighted by Crippen LogP contribution is 2.24. The molecule has 2 N–H and O–H groups in total. The number of aliphatic carboxylic acids is 2. The molecule has 0 radical (unpaired) electrons. The first-order valence-electron chi connectivity index (χ1n) is 3.21. The second-order valence-corrected chi connectivity index (χ2v) is 3.26. The summed E-state index contributed by atoms with van der Waals surface area (Å²) in [6, 6.07) is 0. The number of carbonyl (C=O) groups is 2. The molecular formula is C7H10O4S. The summed E-state index contributed by atoms with van der Waals surface area (Å²) in [4.78, 5) is 20.8. The van der Waals surface area contributed by atoms with Crippen molar-refractivity contribution in [2.75, 3.05) is 0 Å². The van der Waals surface area contributed by atoms with Crippen LogP contribution < -0.4 is 0 Å². The Bertz CT molecular complexity index is 213. The van der Waals surface area contributed by atoms with Gasteiger partial charge in [0.15, 0.2) is 0 Å². The lowest BCUT2D eigenvalue weighted by Crippen LogP contribution is -2.34. The average Bonchev–Trinajstić information content (AvgIpc) is 1.85. The Morgan fingerprint density at radius 2 is 2.00 bits per heavy atom. The molecule has 0 rings (SSSR count). The van der Waals surface area contributed by atoms with Crippen LogP contribution in [0.1, 0.15) is 12.8 Å². The van der Waals surface area contributed by atoms with Crippen molar-refractivity contribution >= 4 is 24.6 Å². The molecule has 0 aromatic rings. The average molecular weight is 190 g/mol. The minimum atomic E-state index is -1.53. The summed E-state index contributed by atoms with van der Waals surface area (Å²) in [6.45, 7) is 3.33. The molecule has 0 aliphatic heterocycles. The van der Waals surface area contributed by atoms with Crippen molar-refractivity contribution in [1.82, 2.24) is 0 Å². The van der Waals surface area contributed by atoms with E-state index in [9.17, 15) is 9.59 Å². The van der Waals surface area contributed by atoms with Gasteiger partial charge in [0.2, 0.25) is 0 Å². The summed E-state index contributed by atoms with van der Waals surface area (Å²) in [5.74, 6) is -2.43. The van der Waals surface area contributed by atoms with Crippen LogP contribution in [0.4, 0.5) is 0 Å². The highest BCUT2D eigenvalue weighted by atomic mass is 32.1. The van der Waals surface area contributed by atoms with Gasteiger partial charge in [-0.3, -0.25) is 9.59 Å². The fourth-order valence-corrected chi connectivity index (χ4v) is 0.988. The molecule has 0 aliphatic rings. The van der Waals surface area contributed by atoms with Crippen molar-refractivity contribution in [2.24, 2.45) is 0 Å². The quantitative estimate of drug-likeness (QED) is 0.442. The van der Waals surface area contributed by atoms with Crippen molar-refractivity contribution in [3.8, 4) is 0 Å². The van der Waals surface area contributed by atoms with E-state index in [1.54, 1.807) is 0 Å². The largest absolute Gasteiger partial charge is 0.481 e. The molecule has 12 heavy (non-hydrogen) atoms. The Hall–Kier alpha value is -0.970. The molecule has 0 bridgehead atoms. The van der Waals surface area contributed by atoms with Crippen LogP contribution in [0.2, 0.25) is 0 Å². The predicted molar refractivity (Wildman–Crippen MR) is 46.4 cm³/mol. The number of hydrogen-bond donors (Lipinski definition) is 3. The molecule has 0 fully saturated rings. The lowest BCUT2D eigenvalue weighted by atomic mass is 10.0. The number of carboxylic acids is 2. The SMILES string of the molecule is C=CCC(S)(CC(=O)O)C(=O)O. The monoisotopic (exact) mass is 190 g/mol. The first kappa shape index (κ1) is 11.0. The molecule has 0 aliphatic carbocycles. The third-order valence-corrected chi connectivity index (χ3v) is 1.86. The molecule has 0 amide bonds. The van der Waals surface area contributed by atoms with E-state index in [1.165, 1.54) is 6.08 Å². The Morgan fingerprint density at radius 1 is 1.50 bits per heavy atom. The summed E-state index contributed by atoms with van der Waals surface area (Å²) < 4.78 is -1.53. The van der Waals surface area contributed by atoms with Crippen molar-refractivity contribution < 1.29 is 19.8 Å². The molecule has 0 aromatic heterocycles. The molecule has 5 heteroatoms. The van der Waals surface area contributed by atoms with Crippen LogP contribution in [0, 0.1) is 0 Å². The number of thiol groups is 1. The number of allylic oxidation sites excluding steroid dienone is 1. The topological polar surface area (TPSA) is 74.6 Å². The third-order valence-electron chi connectivity index (χ3n) is 1.32. The van der Waals surface area contributed by atoms with Crippen molar-refractivity contribution in [3.05, 3.63) is 12.7 Å². The Labute approximate surface area is 75.3 Å². The summed E-state index contributed by atoms with van der Waals surface area (Å²) in [6.07, 6.45) is 0.846. The van der Waals surface area contributed by atoms with Crippen LogP contribution in [-0.2, 0) is 9.59 Å². The first-order valence-corrected chi connectivity index (χ1v) is 3.65.